The van der Waals surface area contributed by atoms with Crippen LogP contribution in [0.15, 0.2) is 24.3 Å². The van der Waals surface area contributed by atoms with E-state index in [4.69, 9.17) is 11.0 Å². The average molecular weight is 257 g/mol. The molecule has 102 valence electrons. The Morgan fingerprint density at radius 2 is 2.11 bits per heavy atom. The zero-order valence-corrected chi connectivity index (χ0v) is 11.8. The number of likely N-dealkylation sites (tertiary alicyclic amines) is 1. The van der Waals surface area contributed by atoms with Crippen molar-refractivity contribution in [3.63, 3.8) is 0 Å². The van der Waals surface area contributed by atoms with E-state index in [0.29, 0.717) is 18.0 Å². The van der Waals surface area contributed by atoms with Gasteiger partial charge in [0, 0.05) is 25.2 Å². The van der Waals surface area contributed by atoms with Crippen molar-refractivity contribution in [1.29, 1.82) is 5.26 Å². The lowest BCUT2D eigenvalue weighted by atomic mass is 9.89. The van der Waals surface area contributed by atoms with Gasteiger partial charge in [0.2, 0.25) is 0 Å². The second-order valence-electron chi connectivity index (χ2n) is 5.53. The Hall–Kier alpha value is -1.37. The molecule has 3 unspecified atom stereocenters. The maximum atomic E-state index is 8.84. The molecule has 1 aliphatic rings. The predicted octanol–water partition coefficient (Wildman–Crippen LogP) is 2.68. The summed E-state index contributed by atoms with van der Waals surface area (Å²) in [7, 11) is 0. The van der Waals surface area contributed by atoms with Crippen LogP contribution in [-0.2, 0) is 0 Å². The Kier molecular flexibility index (Phi) is 4.57. The van der Waals surface area contributed by atoms with Crippen LogP contribution in [0.5, 0.6) is 0 Å². The van der Waals surface area contributed by atoms with Gasteiger partial charge in [-0.05, 0) is 37.0 Å². The molecule has 0 amide bonds. The fraction of sp³-hybridized carbons (Fsp3) is 0.562. The van der Waals surface area contributed by atoms with E-state index < -0.39 is 0 Å². The Labute approximate surface area is 116 Å². The lowest BCUT2D eigenvalue weighted by Gasteiger charge is -2.40. The highest BCUT2D eigenvalue weighted by Gasteiger charge is 2.28. The highest BCUT2D eigenvalue weighted by atomic mass is 15.2. The summed E-state index contributed by atoms with van der Waals surface area (Å²) in [5.41, 5.74) is 8.17. The van der Waals surface area contributed by atoms with E-state index in [1.807, 2.05) is 12.1 Å². The summed E-state index contributed by atoms with van der Waals surface area (Å²) in [4.78, 5) is 2.51. The van der Waals surface area contributed by atoms with Crippen LogP contribution >= 0.6 is 0 Å². The normalized spacial score (nSPS) is 25.8. The number of nitrogens with two attached hydrogens (primary N) is 1. The molecule has 1 aromatic rings. The fourth-order valence-electron chi connectivity index (χ4n) is 2.91. The van der Waals surface area contributed by atoms with Gasteiger partial charge in [-0.2, -0.15) is 5.26 Å². The minimum atomic E-state index is 0.356. The van der Waals surface area contributed by atoms with E-state index in [1.165, 1.54) is 5.56 Å². The van der Waals surface area contributed by atoms with Crippen LogP contribution in [0.1, 0.15) is 43.9 Å². The molecule has 0 aromatic heterocycles. The molecular formula is C16H23N3. The molecule has 1 fully saturated rings. The van der Waals surface area contributed by atoms with Gasteiger partial charge >= 0.3 is 0 Å². The van der Waals surface area contributed by atoms with Crippen LogP contribution < -0.4 is 5.73 Å². The maximum Gasteiger partial charge on any atom is 0.0991 e. The van der Waals surface area contributed by atoms with Gasteiger partial charge in [-0.25, -0.2) is 0 Å². The zero-order chi connectivity index (χ0) is 13.8. The first-order valence-electron chi connectivity index (χ1n) is 7.15. The summed E-state index contributed by atoms with van der Waals surface area (Å²) in [6, 6.07) is 10.9. The fourth-order valence-corrected chi connectivity index (χ4v) is 2.91. The minimum absolute atomic E-state index is 0.356. The van der Waals surface area contributed by atoms with Gasteiger partial charge in [-0.3, -0.25) is 4.90 Å². The van der Waals surface area contributed by atoms with Crippen LogP contribution in [0.4, 0.5) is 0 Å². The molecule has 3 nitrogen and oxygen atoms in total. The maximum absolute atomic E-state index is 8.84. The van der Waals surface area contributed by atoms with Gasteiger partial charge in [-0.15, -0.1) is 0 Å². The van der Waals surface area contributed by atoms with E-state index in [9.17, 15) is 0 Å². The number of hydrogen-bond donors (Lipinski definition) is 1. The molecule has 0 bridgehead atoms. The summed E-state index contributed by atoms with van der Waals surface area (Å²) < 4.78 is 0. The van der Waals surface area contributed by atoms with Gasteiger partial charge in [0.1, 0.15) is 0 Å². The van der Waals surface area contributed by atoms with E-state index in [2.05, 4.69) is 36.9 Å². The highest BCUT2D eigenvalue weighted by molar-refractivity contribution is 5.32. The highest BCUT2D eigenvalue weighted by Crippen LogP contribution is 2.27. The van der Waals surface area contributed by atoms with Crippen molar-refractivity contribution in [2.24, 2.45) is 11.7 Å². The monoisotopic (exact) mass is 257 g/mol. The van der Waals surface area contributed by atoms with E-state index >= 15 is 0 Å². The lowest BCUT2D eigenvalue weighted by molar-refractivity contribution is 0.114. The number of benzene rings is 1. The third kappa shape index (κ3) is 3.15. The summed E-state index contributed by atoms with van der Waals surface area (Å²) >= 11 is 0. The Morgan fingerprint density at radius 3 is 2.68 bits per heavy atom. The molecule has 2 rings (SSSR count). The largest absolute Gasteiger partial charge is 0.327 e. The molecule has 1 aliphatic heterocycles. The smallest absolute Gasteiger partial charge is 0.0991 e. The summed E-state index contributed by atoms with van der Waals surface area (Å²) in [5.74, 6) is 0.606. The topological polar surface area (TPSA) is 53.0 Å². The van der Waals surface area contributed by atoms with Crippen molar-refractivity contribution in [1.82, 2.24) is 4.90 Å². The van der Waals surface area contributed by atoms with Crippen molar-refractivity contribution < 1.29 is 0 Å². The van der Waals surface area contributed by atoms with Gasteiger partial charge in [-0.1, -0.05) is 25.5 Å². The Bertz CT molecular complexity index is 446. The number of piperidine rings is 1. The summed E-state index contributed by atoms with van der Waals surface area (Å²) in [5, 5.41) is 8.84. The number of rotatable bonds is 3. The second-order valence-corrected chi connectivity index (χ2v) is 5.53. The first kappa shape index (κ1) is 14.0. The molecule has 19 heavy (non-hydrogen) atoms. The molecule has 0 radical (unpaired) electrons. The molecule has 3 atom stereocenters. The van der Waals surface area contributed by atoms with Gasteiger partial charge in [0.25, 0.3) is 0 Å². The second kappa shape index (κ2) is 6.18. The molecule has 0 aliphatic carbocycles. The quantitative estimate of drug-likeness (QED) is 0.905. The molecule has 1 saturated heterocycles. The van der Waals surface area contributed by atoms with Gasteiger partial charge in [0.15, 0.2) is 0 Å². The predicted molar refractivity (Wildman–Crippen MR) is 77.5 cm³/mol. The van der Waals surface area contributed by atoms with Crippen LogP contribution in [0.2, 0.25) is 0 Å². The molecule has 0 spiro atoms. The van der Waals surface area contributed by atoms with Crippen LogP contribution in [0.25, 0.3) is 0 Å². The van der Waals surface area contributed by atoms with Crippen molar-refractivity contribution in [2.45, 2.75) is 38.8 Å². The Balaban J connectivity index is 2.06. The van der Waals surface area contributed by atoms with Crippen molar-refractivity contribution >= 4 is 0 Å². The molecule has 1 aromatic carbocycles. The van der Waals surface area contributed by atoms with E-state index in [0.717, 1.165) is 31.5 Å². The van der Waals surface area contributed by atoms with Gasteiger partial charge in [0.05, 0.1) is 11.6 Å². The van der Waals surface area contributed by atoms with Crippen molar-refractivity contribution in [3.8, 4) is 6.07 Å². The number of nitrogens with zero attached hydrogens (tertiary/aromatic N) is 2. The van der Waals surface area contributed by atoms with Gasteiger partial charge < -0.3 is 5.73 Å². The average Bonchev–Trinajstić information content (AvgIpc) is 2.47. The van der Waals surface area contributed by atoms with Crippen LogP contribution in [0.3, 0.4) is 0 Å². The number of hydrogen-bond acceptors (Lipinski definition) is 3. The first-order valence-corrected chi connectivity index (χ1v) is 7.15. The lowest BCUT2D eigenvalue weighted by Crippen LogP contribution is -2.47. The standard InChI is InChI=1S/C16H23N3/c1-3-14-11-19(9-8-16(14)18)12(2)15-6-4-13(10-17)5-7-15/h4-7,12,14,16H,3,8-9,11,18H2,1-2H3. The van der Waals surface area contributed by atoms with Crippen molar-refractivity contribution in [3.05, 3.63) is 35.4 Å². The zero-order valence-electron chi connectivity index (χ0n) is 11.8. The first-order chi connectivity index (χ1) is 9.15. The van der Waals surface area contributed by atoms with Crippen LogP contribution in [0, 0.1) is 17.2 Å². The summed E-state index contributed by atoms with van der Waals surface area (Å²) in [6.45, 7) is 6.61. The molecule has 0 saturated carbocycles. The molecular weight excluding hydrogens is 234 g/mol. The minimum Gasteiger partial charge on any atom is -0.327 e. The Morgan fingerprint density at radius 1 is 1.42 bits per heavy atom. The van der Waals surface area contributed by atoms with E-state index in [-0.39, 0.29) is 0 Å². The van der Waals surface area contributed by atoms with Crippen molar-refractivity contribution in [2.75, 3.05) is 13.1 Å². The number of nitriles is 1. The molecule has 1 heterocycles. The van der Waals surface area contributed by atoms with E-state index in [1.54, 1.807) is 0 Å². The summed E-state index contributed by atoms with van der Waals surface area (Å²) in [6.07, 6.45) is 2.23. The van der Waals surface area contributed by atoms with Crippen LogP contribution in [-0.4, -0.2) is 24.0 Å². The SMILES string of the molecule is CCC1CN(C(C)c2ccc(C#N)cc2)CCC1N. The molecule has 3 heteroatoms. The molecule has 2 N–H and O–H groups in total. The third-order valence-corrected chi connectivity index (χ3v) is 4.42. The third-order valence-electron chi connectivity index (χ3n) is 4.42.